The Hall–Kier alpha value is -7.42. The first-order valence-corrected chi connectivity index (χ1v) is 19.4. The molecule has 0 aliphatic rings. The number of nitrogens with zero attached hydrogens (tertiary/aromatic N) is 2. The molecular formula is C54H32N2. The van der Waals surface area contributed by atoms with Gasteiger partial charge in [0.05, 0.1) is 22.1 Å². The maximum Gasteiger partial charge on any atom is 0.0547 e. The van der Waals surface area contributed by atoms with Gasteiger partial charge in [-0.05, 0) is 137 Å². The second kappa shape index (κ2) is 11.1. The molecule has 2 heterocycles. The maximum absolute atomic E-state index is 2.50. The molecule has 13 aromatic rings. The molecule has 0 aliphatic carbocycles. The van der Waals surface area contributed by atoms with Crippen molar-refractivity contribution in [1.29, 1.82) is 0 Å². The van der Waals surface area contributed by atoms with Gasteiger partial charge >= 0.3 is 0 Å². The smallest absolute Gasteiger partial charge is 0.0547 e. The highest BCUT2D eigenvalue weighted by Gasteiger charge is 2.21. The lowest BCUT2D eigenvalue weighted by molar-refractivity contribution is 1.18. The van der Waals surface area contributed by atoms with E-state index in [1.807, 2.05) is 0 Å². The molecule has 0 fully saturated rings. The third-order valence-corrected chi connectivity index (χ3v) is 12.4. The highest BCUT2D eigenvalue weighted by atomic mass is 15.0. The molecular weight excluding hydrogens is 677 g/mol. The number of rotatable bonds is 2. The van der Waals surface area contributed by atoms with Gasteiger partial charge in [-0.3, -0.25) is 0 Å². The quantitative estimate of drug-likeness (QED) is 0.125. The molecule has 0 saturated carbocycles. The predicted octanol–water partition coefficient (Wildman–Crippen LogP) is 14.8. The minimum atomic E-state index is 1.17. The van der Waals surface area contributed by atoms with Crippen LogP contribution in [0, 0.1) is 0 Å². The Balaban J connectivity index is 1.30. The first kappa shape index (κ1) is 30.0. The van der Waals surface area contributed by atoms with Crippen LogP contribution in [0.3, 0.4) is 0 Å². The monoisotopic (exact) mass is 708 g/mol. The fourth-order valence-corrected chi connectivity index (χ4v) is 10.0. The Morgan fingerprint density at radius 2 is 0.446 bits per heavy atom. The Morgan fingerprint density at radius 1 is 0.179 bits per heavy atom. The molecule has 2 aromatic heterocycles. The highest BCUT2D eigenvalue weighted by Crippen LogP contribution is 2.46. The van der Waals surface area contributed by atoms with Gasteiger partial charge in [-0.25, -0.2) is 0 Å². The van der Waals surface area contributed by atoms with Gasteiger partial charge in [-0.15, -0.1) is 0 Å². The van der Waals surface area contributed by atoms with Crippen LogP contribution in [0.1, 0.15) is 0 Å². The van der Waals surface area contributed by atoms with Crippen LogP contribution in [-0.2, 0) is 0 Å². The number of hydrogen-bond donors (Lipinski definition) is 0. The summed E-state index contributed by atoms with van der Waals surface area (Å²) in [6.45, 7) is 0. The Morgan fingerprint density at radius 3 is 0.839 bits per heavy atom. The Labute approximate surface area is 321 Å². The summed E-state index contributed by atoms with van der Waals surface area (Å²) in [7, 11) is 0. The van der Waals surface area contributed by atoms with E-state index in [0.29, 0.717) is 0 Å². The van der Waals surface area contributed by atoms with E-state index < -0.39 is 0 Å². The van der Waals surface area contributed by atoms with Crippen LogP contribution in [0.25, 0.3) is 120 Å². The molecule has 13 rings (SSSR count). The Bertz CT molecular complexity index is 3540. The van der Waals surface area contributed by atoms with Crippen LogP contribution in [-0.4, -0.2) is 9.13 Å². The van der Waals surface area contributed by atoms with E-state index in [4.69, 9.17) is 0 Å². The SMILES string of the molecule is c1ccc(-n2c3ccccc3c3cc4c5cc6c7ccccc7c7ccccc7c6cc5c5cc6c7ccccc7n(-c7ccccc7)c6cc5c4cc32)cc1. The molecule has 0 aliphatic heterocycles. The third kappa shape index (κ3) is 3.95. The van der Waals surface area contributed by atoms with Crippen molar-refractivity contribution >= 4 is 108 Å². The molecule has 2 nitrogen and oxygen atoms in total. The molecule has 0 unspecified atom stereocenters. The number of hydrogen-bond acceptors (Lipinski definition) is 0. The van der Waals surface area contributed by atoms with E-state index in [1.165, 1.54) is 120 Å². The zero-order valence-corrected chi connectivity index (χ0v) is 30.4. The Kier molecular flexibility index (Phi) is 5.92. The molecule has 0 bridgehead atoms. The van der Waals surface area contributed by atoms with Crippen molar-refractivity contribution < 1.29 is 0 Å². The van der Waals surface area contributed by atoms with Crippen molar-refractivity contribution in [2.24, 2.45) is 0 Å². The van der Waals surface area contributed by atoms with Gasteiger partial charge in [0.1, 0.15) is 0 Å². The summed E-state index contributed by atoms with van der Waals surface area (Å²) in [4.78, 5) is 0. The lowest BCUT2D eigenvalue weighted by Gasteiger charge is -2.16. The molecule has 56 heavy (non-hydrogen) atoms. The van der Waals surface area contributed by atoms with Crippen LogP contribution in [0.5, 0.6) is 0 Å². The van der Waals surface area contributed by atoms with Crippen molar-refractivity contribution in [2.75, 3.05) is 0 Å². The van der Waals surface area contributed by atoms with Gasteiger partial charge in [-0.1, -0.05) is 121 Å². The topological polar surface area (TPSA) is 9.86 Å². The zero-order chi connectivity index (χ0) is 36.5. The second-order valence-corrected chi connectivity index (χ2v) is 15.2. The lowest BCUT2D eigenvalue weighted by atomic mass is 9.87. The maximum atomic E-state index is 2.50. The van der Waals surface area contributed by atoms with E-state index in [9.17, 15) is 0 Å². The highest BCUT2D eigenvalue weighted by molar-refractivity contribution is 6.35. The van der Waals surface area contributed by atoms with E-state index in [1.54, 1.807) is 0 Å². The van der Waals surface area contributed by atoms with Gasteiger partial charge in [-0.2, -0.15) is 0 Å². The first-order chi connectivity index (χ1) is 27.8. The molecule has 0 saturated heterocycles. The molecule has 11 aromatic carbocycles. The van der Waals surface area contributed by atoms with Gasteiger partial charge in [0.25, 0.3) is 0 Å². The average Bonchev–Trinajstić information content (AvgIpc) is 3.77. The van der Waals surface area contributed by atoms with Crippen LogP contribution in [0.2, 0.25) is 0 Å². The van der Waals surface area contributed by atoms with Gasteiger partial charge in [0.2, 0.25) is 0 Å². The van der Waals surface area contributed by atoms with Gasteiger partial charge in [0, 0.05) is 32.9 Å². The molecule has 0 N–H and O–H groups in total. The fraction of sp³-hybridized carbons (Fsp3) is 0. The standard InChI is InChI=1S/C54H32N2/c1-3-15-33(16-4-1)55-51-25-13-11-23-39(51)49-29-45-43-27-41-37-21-9-7-19-35(37)36-20-8-10-22-38(36)42(41)28-44(43)46-30-50-40-24-12-14-26-52(40)56(34-17-5-2-6-18-34)54(50)32-48(46)47(45)31-53(49)55/h1-32H. The van der Waals surface area contributed by atoms with Crippen LogP contribution >= 0.6 is 0 Å². The van der Waals surface area contributed by atoms with Crippen molar-refractivity contribution in [1.82, 2.24) is 9.13 Å². The molecule has 2 heteroatoms. The number of aromatic nitrogens is 2. The molecule has 0 radical (unpaired) electrons. The van der Waals surface area contributed by atoms with Crippen LogP contribution < -0.4 is 0 Å². The van der Waals surface area contributed by atoms with Gasteiger partial charge < -0.3 is 9.13 Å². The van der Waals surface area contributed by atoms with Crippen molar-refractivity contribution in [3.05, 3.63) is 194 Å². The van der Waals surface area contributed by atoms with Crippen molar-refractivity contribution in [3.63, 3.8) is 0 Å². The fourth-order valence-electron chi connectivity index (χ4n) is 10.0. The van der Waals surface area contributed by atoms with E-state index >= 15 is 0 Å². The molecule has 0 spiro atoms. The van der Waals surface area contributed by atoms with Crippen LogP contribution in [0.15, 0.2) is 194 Å². The minimum absolute atomic E-state index is 1.17. The van der Waals surface area contributed by atoms with Crippen LogP contribution in [0.4, 0.5) is 0 Å². The molecule has 0 amide bonds. The molecule has 258 valence electrons. The summed E-state index contributed by atoms with van der Waals surface area (Å²) in [5.74, 6) is 0. The summed E-state index contributed by atoms with van der Waals surface area (Å²) >= 11 is 0. The normalized spacial score (nSPS) is 12.3. The number of para-hydroxylation sites is 4. The van der Waals surface area contributed by atoms with Crippen molar-refractivity contribution in [2.45, 2.75) is 0 Å². The largest absolute Gasteiger partial charge is 0.309 e. The van der Waals surface area contributed by atoms with E-state index in [2.05, 4.69) is 203 Å². The lowest BCUT2D eigenvalue weighted by Crippen LogP contribution is -1.94. The van der Waals surface area contributed by atoms with E-state index in [0.717, 1.165) is 0 Å². The summed E-state index contributed by atoms with van der Waals surface area (Å²) in [5.41, 5.74) is 7.19. The van der Waals surface area contributed by atoms with Crippen molar-refractivity contribution in [3.8, 4) is 11.4 Å². The summed E-state index contributed by atoms with van der Waals surface area (Å²) < 4.78 is 4.89. The minimum Gasteiger partial charge on any atom is -0.309 e. The number of benzene rings is 11. The van der Waals surface area contributed by atoms with E-state index in [-0.39, 0.29) is 0 Å². The zero-order valence-electron chi connectivity index (χ0n) is 30.4. The predicted molar refractivity (Wildman–Crippen MR) is 240 cm³/mol. The summed E-state index contributed by atoms with van der Waals surface area (Å²) in [6, 6.07) is 72.1. The summed E-state index contributed by atoms with van der Waals surface area (Å²) in [5, 5.41) is 20.4. The number of fused-ring (bicyclic) bond motifs is 18. The summed E-state index contributed by atoms with van der Waals surface area (Å²) in [6.07, 6.45) is 0. The first-order valence-electron chi connectivity index (χ1n) is 19.4. The third-order valence-electron chi connectivity index (χ3n) is 12.4. The van der Waals surface area contributed by atoms with Gasteiger partial charge in [0.15, 0.2) is 0 Å². The second-order valence-electron chi connectivity index (χ2n) is 15.2. The molecule has 0 atom stereocenters. The average molecular weight is 709 g/mol.